The van der Waals surface area contributed by atoms with Gasteiger partial charge in [0.1, 0.15) is 18.3 Å². The Morgan fingerprint density at radius 1 is 0.568 bits per heavy atom. The van der Waals surface area contributed by atoms with Crippen LogP contribution in [0, 0.1) is 0 Å². The van der Waals surface area contributed by atoms with Gasteiger partial charge in [0.25, 0.3) is 0 Å². The maximum atomic E-state index is 12.5. The van der Waals surface area contributed by atoms with E-state index in [9.17, 15) is 20.1 Å². The van der Waals surface area contributed by atoms with Crippen LogP contribution in [0.2, 0.25) is 0 Å². The lowest BCUT2D eigenvalue weighted by atomic mass is 9.99. The minimum absolute atomic E-state index is 0.255. The summed E-state index contributed by atoms with van der Waals surface area (Å²) >= 11 is 0. The number of hydrogen-bond donors (Lipinski definition) is 3. The Kier molecular flexibility index (Phi) is 21.5. The SMILES string of the molecule is CCCCCCCCCCCCOC(=O)[C@H]1O[C@H](OCCCCCCCCCCCC)[C@@H](O)[C@@H](O)[C@@H]1O. The molecular formula is C30H58O7. The Morgan fingerprint density at radius 2 is 0.973 bits per heavy atom. The van der Waals surface area contributed by atoms with Crippen molar-refractivity contribution in [2.45, 2.75) is 173 Å². The molecule has 0 aliphatic carbocycles. The van der Waals surface area contributed by atoms with E-state index in [1.54, 1.807) is 0 Å². The molecule has 7 nitrogen and oxygen atoms in total. The van der Waals surface area contributed by atoms with Gasteiger partial charge in [0.05, 0.1) is 6.61 Å². The van der Waals surface area contributed by atoms with Crippen LogP contribution in [0.4, 0.5) is 0 Å². The van der Waals surface area contributed by atoms with Gasteiger partial charge >= 0.3 is 5.97 Å². The standard InChI is InChI=1S/C30H58O7/c1-3-5-7-9-11-13-15-17-19-21-23-35-29(34)28-26(32)25(31)27(33)30(37-28)36-24-22-20-18-16-14-12-10-8-6-4-2/h25-28,30-33H,3-24H2,1-2H3/t25-,26-,27-,28-,30-/m0/s1. The highest BCUT2D eigenvalue weighted by Gasteiger charge is 2.48. The monoisotopic (exact) mass is 530 g/mol. The van der Waals surface area contributed by atoms with Crippen LogP contribution in [0.15, 0.2) is 0 Å². The maximum absolute atomic E-state index is 12.5. The van der Waals surface area contributed by atoms with Crippen LogP contribution in [0.5, 0.6) is 0 Å². The number of unbranched alkanes of at least 4 members (excludes halogenated alkanes) is 18. The molecule has 0 spiro atoms. The zero-order valence-electron chi connectivity index (χ0n) is 23.9. The fourth-order valence-electron chi connectivity index (χ4n) is 4.81. The van der Waals surface area contributed by atoms with Gasteiger partial charge in [-0.15, -0.1) is 0 Å². The van der Waals surface area contributed by atoms with E-state index in [1.165, 1.54) is 89.9 Å². The summed E-state index contributed by atoms with van der Waals surface area (Å²) in [6.45, 7) is 5.07. The van der Waals surface area contributed by atoms with Crippen molar-refractivity contribution in [3.8, 4) is 0 Å². The van der Waals surface area contributed by atoms with Gasteiger partial charge in [0.2, 0.25) is 0 Å². The van der Waals surface area contributed by atoms with Crippen LogP contribution in [-0.4, -0.2) is 65.2 Å². The number of carbonyl (C=O) groups excluding carboxylic acids is 1. The van der Waals surface area contributed by atoms with Crippen LogP contribution >= 0.6 is 0 Å². The van der Waals surface area contributed by atoms with Crippen molar-refractivity contribution in [1.29, 1.82) is 0 Å². The van der Waals surface area contributed by atoms with Gasteiger partial charge in [-0.25, -0.2) is 4.79 Å². The lowest BCUT2D eigenvalue weighted by Gasteiger charge is -2.39. The lowest BCUT2D eigenvalue weighted by molar-refractivity contribution is -0.295. The van der Waals surface area contributed by atoms with E-state index >= 15 is 0 Å². The van der Waals surface area contributed by atoms with Crippen molar-refractivity contribution >= 4 is 5.97 Å². The van der Waals surface area contributed by atoms with Crippen LogP contribution < -0.4 is 0 Å². The van der Waals surface area contributed by atoms with E-state index in [2.05, 4.69) is 13.8 Å². The molecule has 0 amide bonds. The largest absolute Gasteiger partial charge is 0.464 e. The van der Waals surface area contributed by atoms with Gasteiger partial charge in [0.15, 0.2) is 12.4 Å². The molecule has 1 fully saturated rings. The van der Waals surface area contributed by atoms with Gasteiger partial charge in [-0.3, -0.25) is 0 Å². The molecule has 0 radical (unpaired) electrons. The van der Waals surface area contributed by atoms with Crippen molar-refractivity contribution in [1.82, 2.24) is 0 Å². The quantitative estimate of drug-likeness (QED) is 0.101. The highest BCUT2D eigenvalue weighted by atomic mass is 16.7. The first kappa shape index (κ1) is 34.3. The van der Waals surface area contributed by atoms with E-state index < -0.39 is 36.7 Å². The number of aliphatic hydroxyl groups is 3. The van der Waals surface area contributed by atoms with Crippen LogP contribution in [0.25, 0.3) is 0 Å². The average molecular weight is 531 g/mol. The molecule has 1 saturated heterocycles. The van der Waals surface area contributed by atoms with Gasteiger partial charge in [0, 0.05) is 6.61 Å². The second-order valence-electron chi connectivity index (χ2n) is 10.8. The summed E-state index contributed by atoms with van der Waals surface area (Å²) in [6, 6.07) is 0. The molecule has 0 saturated carbocycles. The summed E-state index contributed by atoms with van der Waals surface area (Å²) in [6.07, 6.45) is 16.9. The molecule has 1 heterocycles. The third-order valence-electron chi connectivity index (χ3n) is 7.32. The highest BCUT2D eigenvalue weighted by Crippen LogP contribution is 2.24. The molecule has 0 aromatic rings. The smallest absolute Gasteiger partial charge is 0.338 e. The first-order valence-corrected chi connectivity index (χ1v) is 15.5. The van der Waals surface area contributed by atoms with Crippen molar-refractivity contribution < 1.29 is 34.3 Å². The number of hydrogen-bond acceptors (Lipinski definition) is 7. The van der Waals surface area contributed by atoms with Crippen molar-refractivity contribution in [2.75, 3.05) is 13.2 Å². The maximum Gasteiger partial charge on any atom is 0.338 e. The molecule has 1 aliphatic rings. The molecule has 0 bridgehead atoms. The Hall–Kier alpha value is -0.730. The molecule has 5 atom stereocenters. The number of ether oxygens (including phenoxy) is 3. The summed E-state index contributed by atoms with van der Waals surface area (Å²) in [5, 5.41) is 30.7. The fraction of sp³-hybridized carbons (Fsp3) is 0.967. The normalized spacial score (nSPS) is 23.9. The zero-order chi connectivity index (χ0) is 27.1. The van der Waals surface area contributed by atoms with E-state index in [4.69, 9.17) is 14.2 Å². The summed E-state index contributed by atoms with van der Waals surface area (Å²) in [7, 11) is 0. The number of esters is 1. The Balaban J connectivity index is 2.16. The van der Waals surface area contributed by atoms with Crippen molar-refractivity contribution in [2.24, 2.45) is 0 Å². The minimum atomic E-state index is -1.55. The lowest BCUT2D eigenvalue weighted by Crippen LogP contribution is -2.60. The van der Waals surface area contributed by atoms with E-state index in [0.29, 0.717) is 6.61 Å². The summed E-state index contributed by atoms with van der Waals surface area (Å²) < 4.78 is 16.5. The topological polar surface area (TPSA) is 105 Å². The summed E-state index contributed by atoms with van der Waals surface area (Å²) in [4.78, 5) is 12.5. The minimum Gasteiger partial charge on any atom is -0.464 e. The third kappa shape index (κ3) is 16.1. The second-order valence-corrected chi connectivity index (χ2v) is 10.8. The van der Waals surface area contributed by atoms with Crippen LogP contribution in [-0.2, 0) is 19.0 Å². The van der Waals surface area contributed by atoms with E-state index in [0.717, 1.165) is 38.5 Å². The molecule has 3 N–H and O–H groups in total. The second kappa shape index (κ2) is 23.2. The number of aliphatic hydroxyl groups excluding tert-OH is 3. The van der Waals surface area contributed by atoms with E-state index in [-0.39, 0.29) is 6.61 Å². The molecular weight excluding hydrogens is 472 g/mol. The molecule has 0 unspecified atom stereocenters. The molecule has 7 heteroatoms. The van der Waals surface area contributed by atoms with Gasteiger partial charge in [-0.05, 0) is 12.8 Å². The van der Waals surface area contributed by atoms with Gasteiger partial charge < -0.3 is 29.5 Å². The van der Waals surface area contributed by atoms with Crippen LogP contribution in [0.1, 0.15) is 142 Å². The van der Waals surface area contributed by atoms with Crippen molar-refractivity contribution in [3.63, 3.8) is 0 Å². The first-order chi connectivity index (χ1) is 18.0. The molecule has 1 aliphatic heterocycles. The number of rotatable bonds is 24. The van der Waals surface area contributed by atoms with Gasteiger partial charge in [-0.1, -0.05) is 129 Å². The highest BCUT2D eigenvalue weighted by molar-refractivity contribution is 5.75. The third-order valence-corrected chi connectivity index (χ3v) is 7.32. The number of carbonyl (C=O) groups is 1. The Labute approximate surface area is 226 Å². The molecule has 1 rings (SSSR count). The Bertz CT molecular complexity index is 530. The van der Waals surface area contributed by atoms with E-state index in [1.807, 2.05) is 0 Å². The summed E-state index contributed by atoms with van der Waals surface area (Å²) in [5.74, 6) is -0.720. The predicted molar refractivity (Wildman–Crippen MR) is 147 cm³/mol. The van der Waals surface area contributed by atoms with Crippen LogP contribution in [0.3, 0.4) is 0 Å². The predicted octanol–water partition coefficient (Wildman–Crippen LogP) is 6.20. The Morgan fingerprint density at radius 3 is 1.43 bits per heavy atom. The molecule has 37 heavy (non-hydrogen) atoms. The van der Waals surface area contributed by atoms with Crippen molar-refractivity contribution in [3.05, 3.63) is 0 Å². The fourth-order valence-corrected chi connectivity index (χ4v) is 4.81. The molecule has 220 valence electrons. The summed E-state index contributed by atoms with van der Waals surface area (Å²) in [5.41, 5.74) is 0. The zero-order valence-corrected chi connectivity index (χ0v) is 23.9. The van der Waals surface area contributed by atoms with Gasteiger partial charge in [-0.2, -0.15) is 0 Å². The molecule has 0 aromatic carbocycles. The average Bonchev–Trinajstić information content (AvgIpc) is 2.90. The first-order valence-electron chi connectivity index (χ1n) is 15.5. The molecule has 0 aromatic heterocycles.